The third kappa shape index (κ3) is 7.28. The molecule has 4 N–H and O–H groups in total. The molecular formula is C19H19N5O5S. The normalized spacial score (nSPS) is 9.87. The number of benzene rings is 2. The summed E-state index contributed by atoms with van der Waals surface area (Å²) in [5.41, 5.74) is 4.96. The highest BCUT2D eigenvalue weighted by atomic mass is 32.1. The Morgan fingerprint density at radius 3 is 2.23 bits per heavy atom. The summed E-state index contributed by atoms with van der Waals surface area (Å²) in [6.07, 6.45) is -0.135. The smallest absolute Gasteiger partial charge is 0.282 e. The molecule has 0 aliphatic heterocycles. The number of carbonyl (C=O) groups excluding carboxylic acids is 3. The number of nitro benzene ring substituents is 1. The van der Waals surface area contributed by atoms with Crippen molar-refractivity contribution in [2.24, 2.45) is 0 Å². The summed E-state index contributed by atoms with van der Waals surface area (Å²) in [5, 5.41) is 15.7. The molecule has 2 aromatic carbocycles. The molecular weight excluding hydrogens is 410 g/mol. The zero-order chi connectivity index (χ0) is 21.9. The first-order chi connectivity index (χ1) is 14.4. The van der Waals surface area contributed by atoms with Crippen LogP contribution in [0.15, 0.2) is 54.6 Å². The van der Waals surface area contributed by atoms with Crippen molar-refractivity contribution in [3.63, 3.8) is 0 Å². The van der Waals surface area contributed by atoms with Gasteiger partial charge in [0, 0.05) is 25.5 Å². The fraction of sp³-hybridized carbons (Fsp3) is 0.158. The second-order valence-electron chi connectivity index (χ2n) is 5.99. The summed E-state index contributed by atoms with van der Waals surface area (Å²) in [5.74, 6) is -1.61. The van der Waals surface area contributed by atoms with Crippen molar-refractivity contribution in [3.8, 4) is 0 Å². The zero-order valence-corrected chi connectivity index (χ0v) is 16.5. The minimum Gasteiger partial charge on any atom is -0.352 e. The van der Waals surface area contributed by atoms with E-state index in [1.807, 2.05) is 30.3 Å². The number of rotatable bonds is 7. The maximum atomic E-state index is 12.1. The molecule has 2 aromatic rings. The third-order valence-corrected chi connectivity index (χ3v) is 4.00. The van der Waals surface area contributed by atoms with Crippen LogP contribution in [0.25, 0.3) is 0 Å². The zero-order valence-electron chi connectivity index (χ0n) is 15.7. The molecule has 0 aromatic heterocycles. The van der Waals surface area contributed by atoms with Gasteiger partial charge >= 0.3 is 0 Å². The number of hydrogen-bond acceptors (Lipinski definition) is 6. The average Bonchev–Trinajstić information content (AvgIpc) is 2.75. The molecule has 11 heteroatoms. The number of nitrogens with zero attached hydrogens (tertiary/aromatic N) is 1. The average molecular weight is 429 g/mol. The summed E-state index contributed by atoms with van der Waals surface area (Å²) in [6, 6.07) is 14.7. The summed E-state index contributed by atoms with van der Waals surface area (Å²) >= 11 is 4.88. The van der Waals surface area contributed by atoms with E-state index >= 15 is 0 Å². The Balaban J connectivity index is 1.70. The molecule has 0 saturated carbocycles. The van der Waals surface area contributed by atoms with Gasteiger partial charge in [-0.3, -0.25) is 40.7 Å². The number of para-hydroxylation sites is 1. The number of nitrogens with one attached hydrogen (secondary N) is 4. The standard InChI is InChI=1S/C19H19N5O5S/c25-16(20-12-13-6-2-1-3-7-13)10-11-17(26)22-23-19(30)21-18(27)14-8-4-5-9-15(14)24(28)29/h1-9H,10-12H2,(H,20,25)(H,22,26)(H2,21,23,27,30). The summed E-state index contributed by atoms with van der Waals surface area (Å²) in [4.78, 5) is 46.0. The van der Waals surface area contributed by atoms with Crippen LogP contribution in [0.5, 0.6) is 0 Å². The molecule has 0 heterocycles. The minimum absolute atomic E-state index is 0.0321. The molecule has 30 heavy (non-hydrogen) atoms. The maximum Gasteiger partial charge on any atom is 0.282 e. The monoisotopic (exact) mass is 429 g/mol. The lowest BCUT2D eigenvalue weighted by atomic mass is 10.1. The fourth-order valence-corrected chi connectivity index (χ4v) is 2.47. The van der Waals surface area contributed by atoms with Crippen LogP contribution < -0.4 is 21.5 Å². The minimum atomic E-state index is -0.797. The topological polar surface area (TPSA) is 142 Å². The molecule has 3 amide bonds. The van der Waals surface area contributed by atoms with E-state index in [4.69, 9.17) is 12.2 Å². The lowest BCUT2D eigenvalue weighted by Gasteiger charge is -2.11. The first kappa shape index (κ1) is 22.4. The molecule has 0 fully saturated rings. The lowest BCUT2D eigenvalue weighted by Crippen LogP contribution is -2.48. The SMILES string of the molecule is O=C(CCC(=O)NNC(=S)NC(=O)c1ccccc1[N+](=O)[O-])NCc1ccccc1. The highest BCUT2D eigenvalue weighted by Gasteiger charge is 2.20. The third-order valence-electron chi connectivity index (χ3n) is 3.80. The van der Waals surface area contributed by atoms with Crippen LogP contribution in [0.2, 0.25) is 0 Å². The molecule has 0 saturated heterocycles. The molecule has 0 radical (unpaired) electrons. The molecule has 10 nitrogen and oxygen atoms in total. The highest BCUT2D eigenvalue weighted by molar-refractivity contribution is 7.80. The van der Waals surface area contributed by atoms with Gasteiger partial charge in [-0.05, 0) is 23.8 Å². The van der Waals surface area contributed by atoms with E-state index in [1.54, 1.807) is 0 Å². The number of thiocarbonyl (C=S) groups is 1. The van der Waals surface area contributed by atoms with E-state index in [-0.39, 0.29) is 35.1 Å². The maximum absolute atomic E-state index is 12.1. The van der Waals surface area contributed by atoms with Gasteiger partial charge in [-0.2, -0.15) is 0 Å². The van der Waals surface area contributed by atoms with Crippen LogP contribution in [0, 0.1) is 10.1 Å². The van der Waals surface area contributed by atoms with Gasteiger partial charge in [0.1, 0.15) is 5.56 Å². The Bertz CT molecular complexity index is 951. The van der Waals surface area contributed by atoms with Gasteiger partial charge in [0.25, 0.3) is 11.6 Å². The molecule has 0 atom stereocenters. The lowest BCUT2D eigenvalue weighted by molar-refractivity contribution is -0.385. The second kappa shape index (κ2) is 11.2. The largest absolute Gasteiger partial charge is 0.352 e. The predicted molar refractivity (Wildman–Crippen MR) is 112 cm³/mol. The molecule has 156 valence electrons. The van der Waals surface area contributed by atoms with Gasteiger partial charge in [0.15, 0.2) is 5.11 Å². The highest BCUT2D eigenvalue weighted by Crippen LogP contribution is 2.17. The van der Waals surface area contributed by atoms with Crippen molar-refractivity contribution in [1.29, 1.82) is 0 Å². The molecule has 0 spiro atoms. The number of hydrazine groups is 1. The predicted octanol–water partition coefficient (Wildman–Crippen LogP) is 1.33. The van der Waals surface area contributed by atoms with E-state index in [1.165, 1.54) is 24.3 Å². The Kier molecular flexibility index (Phi) is 8.39. The van der Waals surface area contributed by atoms with Gasteiger partial charge in [-0.1, -0.05) is 42.5 Å². The Hall–Kier alpha value is -3.86. The van der Waals surface area contributed by atoms with E-state index in [0.717, 1.165) is 5.56 Å². The van der Waals surface area contributed by atoms with Crippen LogP contribution in [0.4, 0.5) is 5.69 Å². The first-order valence-corrected chi connectivity index (χ1v) is 9.22. The molecule has 0 aliphatic carbocycles. The van der Waals surface area contributed by atoms with E-state index < -0.39 is 16.7 Å². The van der Waals surface area contributed by atoms with Gasteiger partial charge in [-0.15, -0.1) is 0 Å². The van der Waals surface area contributed by atoms with Crippen molar-refractivity contribution in [1.82, 2.24) is 21.5 Å². The molecule has 0 aliphatic rings. The van der Waals surface area contributed by atoms with Crippen molar-refractivity contribution < 1.29 is 19.3 Å². The molecule has 0 unspecified atom stereocenters. The van der Waals surface area contributed by atoms with Crippen LogP contribution in [-0.4, -0.2) is 27.8 Å². The fourth-order valence-electron chi connectivity index (χ4n) is 2.33. The summed E-state index contributed by atoms with van der Waals surface area (Å²) < 4.78 is 0. The number of hydrogen-bond donors (Lipinski definition) is 4. The van der Waals surface area contributed by atoms with Gasteiger partial charge in [0.05, 0.1) is 4.92 Å². The summed E-state index contributed by atoms with van der Waals surface area (Å²) in [7, 11) is 0. The Morgan fingerprint density at radius 1 is 0.900 bits per heavy atom. The first-order valence-electron chi connectivity index (χ1n) is 8.81. The molecule has 2 rings (SSSR count). The summed E-state index contributed by atoms with van der Waals surface area (Å²) in [6.45, 7) is 0.362. The Labute approximate surface area is 177 Å². The van der Waals surface area contributed by atoms with Crippen molar-refractivity contribution in [2.75, 3.05) is 0 Å². The van der Waals surface area contributed by atoms with E-state index in [0.29, 0.717) is 6.54 Å². The van der Waals surface area contributed by atoms with Crippen molar-refractivity contribution in [3.05, 3.63) is 75.8 Å². The van der Waals surface area contributed by atoms with Crippen molar-refractivity contribution >= 4 is 40.7 Å². The quantitative estimate of drug-likeness (QED) is 0.295. The van der Waals surface area contributed by atoms with Crippen LogP contribution >= 0.6 is 12.2 Å². The number of amides is 3. The molecule has 0 bridgehead atoms. The van der Waals surface area contributed by atoms with Gasteiger partial charge in [-0.25, -0.2) is 0 Å². The van der Waals surface area contributed by atoms with Crippen LogP contribution in [0.1, 0.15) is 28.8 Å². The van der Waals surface area contributed by atoms with Crippen molar-refractivity contribution in [2.45, 2.75) is 19.4 Å². The Morgan fingerprint density at radius 2 is 1.53 bits per heavy atom. The van der Waals surface area contributed by atoms with Crippen LogP contribution in [0.3, 0.4) is 0 Å². The van der Waals surface area contributed by atoms with Gasteiger partial charge in [0.2, 0.25) is 11.8 Å². The van der Waals surface area contributed by atoms with E-state index in [9.17, 15) is 24.5 Å². The van der Waals surface area contributed by atoms with E-state index in [2.05, 4.69) is 21.5 Å². The second-order valence-corrected chi connectivity index (χ2v) is 6.40. The van der Waals surface area contributed by atoms with Gasteiger partial charge < -0.3 is 5.32 Å². The van der Waals surface area contributed by atoms with Crippen LogP contribution in [-0.2, 0) is 16.1 Å². The number of nitro groups is 1. The number of carbonyl (C=O) groups is 3.